The number of nitrogens with zero attached hydrogens (tertiary/aromatic N) is 2. The van der Waals surface area contributed by atoms with Crippen molar-refractivity contribution in [2.24, 2.45) is 0 Å². The highest BCUT2D eigenvalue weighted by Gasteiger charge is 2.31. The quantitative estimate of drug-likeness (QED) is 0.940. The molecule has 3 rings (SSSR count). The van der Waals surface area contributed by atoms with Crippen molar-refractivity contribution in [2.75, 3.05) is 0 Å². The van der Waals surface area contributed by atoms with Crippen LogP contribution in [0.15, 0.2) is 22.7 Å². The second-order valence-corrected chi connectivity index (χ2v) is 5.91. The maximum absolute atomic E-state index is 9.85. The van der Waals surface area contributed by atoms with E-state index in [0.717, 1.165) is 24.8 Å². The molecule has 1 saturated carbocycles. The Morgan fingerprint density at radius 2 is 2.15 bits per heavy atom. The van der Waals surface area contributed by atoms with E-state index in [1.54, 1.807) is 12.1 Å². The molecule has 2 atom stereocenters. The molecule has 2 unspecified atom stereocenters. The molecular weight excluding hydrogens is 299 g/mol. The Bertz CT molecular complexity index is 615. The van der Waals surface area contributed by atoms with E-state index in [-0.39, 0.29) is 12.0 Å². The molecule has 1 aromatic heterocycles. The van der Waals surface area contributed by atoms with Crippen LogP contribution in [0, 0.1) is 0 Å². The van der Waals surface area contributed by atoms with Crippen LogP contribution in [0.4, 0.5) is 0 Å². The fraction of sp³-hybridized carbons (Fsp3) is 0.429. The third-order valence-corrected chi connectivity index (χ3v) is 4.23. The van der Waals surface area contributed by atoms with Crippen LogP contribution in [0.1, 0.15) is 42.5 Å². The van der Waals surface area contributed by atoms with Crippen LogP contribution in [0.25, 0.3) is 0 Å². The van der Waals surface area contributed by atoms with Crippen LogP contribution in [0.5, 0.6) is 0 Å². The van der Waals surface area contributed by atoms with E-state index in [2.05, 4.69) is 10.1 Å². The highest BCUT2D eigenvalue weighted by atomic mass is 35.5. The molecule has 1 N–H and O–H groups in total. The predicted molar refractivity (Wildman–Crippen MR) is 76.2 cm³/mol. The normalized spacial score (nSPS) is 22.4. The number of aromatic nitrogens is 2. The molecule has 2 aromatic rings. The lowest BCUT2D eigenvalue weighted by Gasteiger charge is -2.07. The summed E-state index contributed by atoms with van der Waals surface area (Å²) in [4.78, 5) is 4.37. The van der Waals surface area contributed by atoms with Gasteiger partial charge in [0.25, 0.3) is 0 Å². The van der Waals surface area contributed by atoms with E-state index in [4.69, 9.17) is 27.7 Å². The van der Waals surface area contributed by atoms with Gasteiger partial charge in [0.05, 0.1) is 12.0 Å². The van der Waals surface area contributed by atoms with E-state index in [9.17, 15) is 5.11 Å². The van der Waals surface area contributed by atoms with Crippen molar-refractivity contribution >= 4 is 23.2 Å². The zero-order chi connectivity index (χ0) is 14.1. The van der Waals surface area contributed by atoms with E-state index in [1.807, 2.05) is 6.07 Å². The second-order valence-electron chi connectivity index (χ2n) is 5.07. The van der Waals surface area contributed by atoms with Crippen LogP contribution in [0.3, 0.4) is 0 Å². The summed E-state index contributed by atoms with van der Waals surface area (Å²) < 4.78 is 5.26. The lowest BCUT2D eigenvalue weighted by atomic mass is 10.1. The van der Waals surface area contributed by atoms with Crippen LogP contribution in [-0.4, -0.2) is 21.4 Å². The summed E-state index contributed by atoms with van der Waals surface area (Å²) >= 11 is 12.0. The molecular formula is C14H14Cl2N2O2. The molecule has 1 aliphatic carbocycles. The summed E-state index contributed by atoms with van der Waals surface area (Å²) in [5, 5.41) is 15.0. The fourth-order valence-electron chi connectivity index (χ4n) is 2.55. The van der Waals surface area contributed by atoms with Crippen LogP contribution >= 0.6 is 23.2 Å². The minimum atomic E-state index is -0.373. The van der Waals surface area contributed by atoms with Crippen molar-refractivity contribution < 1.29 is 9.63 Å². The summed E-state index contributed by atoms with van der Waals surface area (Å²) in [6, 6.07) is 5.33. The molecule has 1 aromatic carbocycles. The Morgan fingerprint density at radius 3 is 2.85 bits per heavy atom. The zero-order valence-corrected chi connectivity index (χ0v) is 12.2. The third-order valence-electron chi connectivity index (χ3n) is 3.64. The lowest BCUT2D eigenvalue weighted by molar-refractivity contribution is 0.148. The Morgan fingerprint density at radius 1 is 1.30 bits per heavy atom. The van der Waals surface area contributed by atoms with Crippen LogP contribution in [0.2, 0.25) is 10.0 Å². The van der Waals surface area contributed by atoms with Gasteiger partial charge in [-0.3, -0.25) is 0 Å². The molecule has 0 aliphatic heterocycles. The summed E-state index contributed by atoms with van der Waals surface area (Å²) in [7, 11) is 0. The smallest absolute Gasteiger partial charge is 0.232 e. The van der Waals surface area contributed by atoms with Crippen molar-refractivity contribution in [2.45, 2.75) is 37.7 Å². The van der Waals surface area contributed by atoms with Crippen LogP contribution < -0.4 is 0 Å². The topological polar surface area (TPSA) is 59.2 Å². The van der Waals surface area contributed by atoms with Gasteiger partial charge in [-0.15, -0.1) is 0 Å². The van der Waals surface area contributed by atoms with Crippen molar-refractivity contribution in [1.29, 1.82) is 0 Å². The standard InChI is InChI=1S/C14H14Cl2N2O2/c15-9-5-4-8(11(16)7-9)6-13-17-14(20-18-13)10-2-1-3-12(10)19/h4-5,7,10,12,19H,1-3,6H2. The number of halogens is 2. The van der Waals surface area contributed by atoms with Gasteiger partial charge in [-0.25, -0.2) is 0 Å². The SMILES string of the molecule is OC1CCCC1c1nc(Cc2ccc(Cl)cc2Cl)no1. The first-order valence-corrected chi connectivity index (χ1v) is 7.33. The minimum Gasteiger partial charge on any atom is -0.392 e. The largest absolute Gasteiger partial charge is 0.392 e. The molecule has 4 nitrogen and oxygen atoms in total. The van der Waals surface area contributed by atoms with Gasteiger partial charge >= 0.3 is 0 Å². The molecule has 0 amide bonds. The molecule has 0 spiro atoms. The van der Waals surface area contributed by atoms with Gasteiger partial charge < -0.3 is 9.63 Å². The summed E-state index contributed by atoms with van der Waals surface area (Å²) in [6.45, 7) is 0. The van der Waals surface area contributed by atoms with Gasteiger partial charge in [0.1, 0.15) is 0 Å². The number of benzene rings is 1. The number of aliphatic hydroxyl groups excluding tert-OH is 1. The van der Waals surface area contributed by atoms with Gasteiger partial charge in [-0.2, -0.15) is 4.98 Å². The highest BCUT2D eigenvalue weighted by molar-refractivity contribution is 6.35. The first-order valence-electron chi connectivity index (χ1n) is 6.58. The second kappa shape index (κ2) is 5.72. The van der Waals surface area contributed by atoms with Crippen molar-refractivity contribution in [3.05, 3.63) is 45.5 Å². The Labute approximate surface area is 126 Å². The Hall–Kier alpha value is -1.10. The number of rotatable bonds is 3. The average Bonchev–Trinajstić information content (AvgIpc) is 3.01. The molecule has 6 heteroatoms. The van der Waals surface area contributed by atoms with Crippen molar-refractivity contribution in [1.82, 2.24) is 10.1 Å². The summed E-state index contributed by atoms with van der Waals surface area (Å²) in [5.74, 6) is 1.07. The molecule has 1 heterocycles. The molecule has 20 heavy (non-hydrogen) atoms. The van der Waals surface area contributed by atoms with Gasteiger partial charge in [0.15, 0.2) is 5.82 Å². The predicted octanol–water partition coefficient (Wildman–Crippen LogP) is 3.60. The third kappa shape index (κ3) is 2.82. The van der Waals surface area contributed by atoms with Gasteiger partial charge in [0, 0.05) is 16.5 Å². The maximum Gasteiger partial charge on any atom is 0.232 e. The minimum absolute atomic E-state index is 0.0306. The Kier molecular flexibility index (Phi) is 3.96. The highest BCUT2D eigenvalue weighted by Crippen LogP contribution is 2.33. The molecule has 0 bridgehead atoms. The van der Waals surface area contributed by atoms with E-state index in [1.165, 1.54) is 0 Å². The Balaban J connectivity index is 1.77. The summed E-state index contributed by atoms with van der Waals surface area (Å²) in [5.41, 5.74) is 0.899. The van der Waals surface area contributed by atoms with E-state index >= 15 is 0 Å². The van der Waals surface area contributed by atoms with E-state index in [0.29, 0.717) is 28.2 Å². The van der Waals surface area contributed by atoms with Crippen molar-refractivity contribution in [3.63, 3.8) is 0 Å². The molecule has 0 radical (unpaired) electrons. The molecule has 106 valence electrons. The number of hydrogen-bond donors (Lipinski definition) is 1. The maximum atomic E-state index is 9.85. The first kappa shape index (κ1) is 13.9. The number of aliphatic hydroxyl groups is 1. The van der Waals surface area contributed by atoms with Gasteiger partial charge in [-0.1, -0.05) is 34.4 Å². The summed E-state index contributed by atoms with van der Waals surface area (Å²) in [6.07, 6.45) is 2.80. The first-order chi connectivity index (χ1) is 9.63. The van der Waals surface area contributed by atoms with E-state index < -0.39 is 0 Å². The van der Waals surface area contributed by atoms with Gasteiger partial charge in [-0.05, 0) is 37.0 Å². The average molecular weight is 313 g/mol. The van der Waals surface area contributed by atoms with Gasteiger partial charge in [0.2, 0.25) is 5.89 Å². The molecule has 1 aliphatic rings. The van der Waals surface area contributed by atoms with Crippen molar-refractivity contribution in [3.8, 4) is 0 Å². The lowest BCUT2D eigenvalue weighted by Crippen LogP contribution is -2.11. The molecule has 1 fully saturated rings. The van der Waals surface area contributed by atoms with Crippen LogP contribution in [-0.2, 0) is 6.42 Å². The monoisotopic (exact) mass is 312 g/mol. The molecule has 0 saturated heterocycles. The zero-order valence-electron chi connectivity index (χ0n) is 10.7. The number of hydrogen-bond acceptors (Lipinski definition) is 4. The fourth-order valence-corrected chi connectivity index (χ4v) is 3.03.